The Morgan fingerprint density at radius 3 is 2.83 bits per heavy atom. The van der Waals surface area contributed by atoms with Crippen molar-refractivity contribution >= 4 is 0 Å². The van der Waals surface area contributed by atoms with Crippen LogP contribution in [0.5, 0.6) is 0 Å². The highest BCUT2D eigenvalue weighted by atomic mass is 16.5. The number of rotatable bonds is 2. The Morgan fingerprint density at radius 1 is 1.58 bits per heavy atom. The molecule has 0 spiro atoms. The average molecular weight is 164 g/mol. The van der Waals surface area contributed by atoms with Gasteiger partial charge in [-0.05, 0) is 38.3 Å². The van der Waals surface area contributed by atoms with Gasteiger partial charge in [-0.25, -0.2) is 0 Å². The zero-order valence-electron chi connectivity index (χ0n) is 8.05. The molecule has 12 heavy (non-hydrogen) atoms. The van der Waals surface area contributed by atoms with Gasteiger partial charge in [0.25, 0.3) is 0 Å². The van der Waals surface area contributed by atoms with E-state index in [1.807, 2.05) is 13.0 Å². The van der Waals surface area contributed by atoms with Crippen molar-refractivity contribution in [3.05, 3.63) is 35.1 Å². The molecule has 0 unspecified atom stereocenters. The monoisotopic (exact) mass is 164 g/mol. The molecule has 1 aliphatic carbocycles. The number of allylic oxidation sites excluding steroid dienone is 5. The summed E-state index contributed by atoms with van der Waals surface area (Å²) in [6.45, 7) is 4.13. The van der Waals surface area contributed by atoms with E-state index in [0.29, 0.717) is 0 Å². The zero-order valence-corrected chi connectivity index (χ0v) is 8.05. The minimum absolute atomic E-state index is 1.02. The van der Waals surface area contributed by atoms with Crippen LogP contribution in [0, 0.1) is 0 Å². The molecule has 1 nitrogen and oxygen atoms in total. The molecule has 0 aliphatic heterocycles. The lowest BCUT2D eigenvalue weighted by Gasteiger charge is -2.13. The summed E-state index contributed by atoms with van der Waals surface area (Å²) in [6.07, 6.45) is 8.71. The average Bonchev–Trinajstić information content (AvgIpc) is 2.07. The van der Waals surface area contributed by atoms with E-state index in [1.54, 1.807) is 7.11 Å². The molecule has 0 fully saturated rings. The number of ether oxygens (including phenoxy) is 1. The highest BCUT2D eigenvalue weighted by Crippen LogP contribution is 2.23. The zero-order chi connectivity index (χ0) is 8.97. The fraction of sp³-hybridized carbons (Fsp3) is 0.455. The predicted octanol–water partition coefficient (Wildman–Crippen LogP) is 3.20. The Balaban J connectivity index is 2.81. The predicted molar refractivity (Wildman–Crippen MR) is 51.8 cm³/mol. The second-order valence-corrected chi connectivity index (χ2v) is 3.01. The number of hydrogen-bond acceptors (Lipinski definition) is 1. The Hall–Kier alpha value is -0.980. The van der Waals surface area contributed by atoms with Crippen LogP contribution in [0.4, 0.5) is 0 Å². The van der Waals surface area contributed by atoms with Crippen LogP contribution in [-0.4, -0.2) is 7.11 Å². The summed E-state index contributed by atoms with van der Waals surface area (Å²) in [7, 11) is 1.73. The molecule has 0 heterocycles. The minimum Gasteiger partial charge on any atom is -0.497 e. The second kappa shape index (κ2) is 4.15. The highest BCUT2D eigenvalue weighted by molar-refractivity contribution is 5.36. The molecule has 0 radical (unpaired) electrons. The van der Waals surface area contributed by atoms with Gasteiger partial charge in [0.1, 0.15) is 5.76 Å². The van der Waals surface area contributed by atoms with E-state index in [1.165, 1.54) is 11.1 Å². The van der Waals surface area contributed by atoms with Crippen LogP contribution in [0.15, 0.2) is 35.1 Å². The first-order valence-electron chi connectivity index (χ1n) is 4.36. The molecule has 0 aromatic carbocycles. The lowest BCUT2D eigenvalue weighted by Crippen LogP contribution is -1.96. The van der Waals surface area contributed by atoms with Gasteiger partial charge in [-0.15, -0.1) is 0 Å². The van der Waals surface area contributed by atoms with E-state index < -0.39 is 0 Å². The van der Waals surface area contributed by atoms with Crippen molar-refractivity contribution in [2.75, 3.05) is 7.11 Å². The smallest absolute Gasteiger partial charge is 0.117 e. The van der Waals surface area contributed by atoms with Gasteiger partial charge in [0.05, 0.1) is 7.11 Å². The first-order valence-corrected chi connectivity index (χ1v) is 4.36. The van der Waals surface area contributed by atoms with Crippen molar-refractivity contribution in [3.63, 3.8) is 0 Å². The third-order valence-corrected chi connectivity index (χ3v) is 2.08. The molecule has 0 N–H and O–H groups in total. The molecule has 0 aromatic heterocycles. The standard InChI is InChI=1S/C11H16O/c1-4-11(12-3)10-7-5-6-9(2)8-10/h4,6,8H,5,7H2,1-3H3/b11-4+. The molecule has 1 aliphatic rings. The fourth-order valence-electron chi connectivity index (χ4n) is 1.49. The molecule has 1 heteroatoms. The fourth-order valence-corrected chi connectivity index (χ4v) is 1.49. The summed E-state index contributed by atoms with van der Waals surface area (Å²) in [6, 6.07) is 0. The summed E-state index contributed by atoms with van der Waals surface area (Å²) in [5, 5.41) is 0. The molecule has 66 valence electrons. The van der Waals surface area contributed by atoms with Gasteiger partial charge in [-0.3, -0.25) is 0 Å². The molecular weight excluding hydrogens is 148 g/mol. The van der Waals surface area contributed by atoms with E-state index in [2.05, 4.69) is 19.1 Å². The molecular formula is C11H16O. The van der Waals surface area contributed by atoms with Gasteiger partial charge in [0.15, 0.2) is 0 Å². The third kappa shape index (κ3) is 2.00. The van der Waals surface area contributed by atoms with Gasteiger partial charge in [-0.2, -0.15) is 0 Å². The Morgan fingerprint density at radius 2 is 2.33 bits per heavy atom. The van der Waals surface area contributed by atoms with Crippen LogP contribution in [0.2, 0.25) is 0 Å². The summed E-state index contributed by atoms with van der Waals surface area (Å²) >= 11 is 0. The van der Waals surface area contributed by atoms with Crippen molar-refractivity contribution in [2.45, 2.75) is 26.7 Å². The van der Waals surface area contributed by atoms with Gasteiger partial charge >= 0.3 is 0 Å². The second-order valence-electron chi connectivity index (χ2n) is 3.01. The molecule has 0 bridgehead atoms. The van der Waals surface area contributed by atoms with E-state index in [0.717, 1.165) is 18.6 Å². The molecule has 0 saturated heterocycles. The molecule has 0 amide bonds. The normalized spacial score (nSPS) is 18.4. The Kier molecular flexibility index (Phi) is 3.15. The highest BCUT2D eigenvalue weighted by Gasteiger charge is 2.06. The van der Waals surface area contributed by atoms with Crippen LogP contribution in [-0.2, 0) is 4.74 Å². The maximum Gasteiger partial charge on any atom is 0.117 e. The summed E-state index contributed by atoms with van der Waals surface area (Å²) in [5.41, 5.74) is 2.66. The van der Waals surface area contributed by atoms with Gasteiger partial charge in [0.2, 0.25) is 0 Å². The SMILES string of the molecule is C/C=C(/OC)C1=CC(C)=CCC1. The lowest BCUT2D eigenvalue weighted by molar-refractivity contribution is 0.297. The third-order valence-electron chi connectivity index (χ3n) is 2.08. The topological polar surface area (TPSA) is 9.23 Å². The Labute approximate surface area is 74.4 Å². The molecule has 0 atom stereocenters. The van der Waals surface area contributed by atoms with E-state index in [4.69, 9.17) is 4.74 Å². The van der Waals surface area contributed by atoms with Crippen molar-refractivity contribution in [2.24, 2.45) is 0 Å². The van der Waals surface area contributed by atoms with E-state index >= 15 is 0 Å². The van der Waals surface area contributed by atoms with Crippen molar-refractivity contribution < 1.29 is 4.74 Å². The van der Waals surface area contributed by atoms with Crippen LogP contribution >= 0.6 is 0 Å². The molecule has 0 aromatic rings. The quantitative estimate of drug-likeness (QED) is 0.569. The lowest BCUT2D eigenvalue weighted by atomic mass is 9.99. The minimum atomic E-state index is 1.02. The summed E-state index contributed by atoms with van der Waals surface area (Å²) in [5.74, 6) is 1.02. The molecule has 1 rings (SSSR count). The van der Waals surface area contributed by atoms with Crippen LogP contribution in [0.3, 0.4) is 0 Å². The van der Waals surface area contributed by atoms with Gasteiger partial charge in [0, 0.05) is 0 Å². The largest absolute Gasteiger partial charge is 0.497 e. The summed E-state index contributed by atoms with van der Waals surface area (Å²) in [4.78, 5) is 0. The first-order chi connectivity index (χ1) is 5.77. The Bertz CT molecular complexity index is 244. The summed E-state index contributed by atoms with van der Waals surface area (Å²) < 4.78 is 5.25. The van der Waals surface area contributed by atoms with Gasteiger partial charge in [-0.1, -0.05) is 17.7 Å². The van der Waals surface area contributed by atoms with Crippen molar-refractivity contribution in [1.29, 1.82) is 0 Å². The van der Waals surface area contributed by atoms with E-state index in [9.17, 15) is 0 Å². The van der Waals surface area contributed by atoms with Crippen molar-refractivity contribution in [3.8, 4) is 0 Å². The van der Waals surface area contributed by atoms with Crippen LogP contribution in [0.25, 0.3) is 0 Å². The van der Waals surface area contributed by atoms with Crippen LogP contribution in [0.1, 0.15) is 26.7 Å². The van der Waals surface area contributed by atoms with Crippen molar-refractivity contribution in [1.82, 2.24) is 0 Å². The molecule has 0 saturated carbocycles. The van der Waals surface area contributed by atoms with E-state index in [-0.39, 0.29) is 0 Å². The number of methoxy groups -OCH3 is 1. The van der Waals surface area contributed by atoms with Gasteiger partial charge < -0.3 is 4.74 Å². The van der Waals surface area contributed by atoms with Crippen LogP contribution < -0.4 is 0 Å². The maximum atomic E-state index is 5.25. The first kappa shape index (κ1) is 9.11. The maximum absolute atomic E-state index is 5.25. The number of hydrogen-bond donors (Lipinski definition) is 0.